The van der Waals surface area contributed by atoms with Gasteiger partial charge in [-0.2, -0.15) is 22.8 Å². The largest absolute Gasteiger partial charge is 1.00 e. The number of hydrogen-bond donors (Lipinski definition) is 0. The fourth-order valence-electron chi connectivity index (χ4n) is 0.269. The average Bonchev–Trinajstić information content (AvgIpc) is 1.77. The molecule has 1 aromatic rings. The maximum Gasteiger partial charge on any atom is 1.00 e. The number of rotatable bonds is 0. The van der Waals surface area contributed by atoms with Crippen molar-refractivity contribution in [3.8, 4) is 0 Å². The Balaban J connectivity index is 0.000000640. The van der Waals surface area contributed by atoms with Gasteiger partial charge in [-0.3, -0.25) is 0 Å². The van der Waals surface area contributed by atoms with Gasteiger partial charge in [-0.25, -0.2) is 11.2 Å². The molecule has 2 nitrogen and oxygen atoms in total. The molecule has 0 aliphatic heterocycles. The van der Waals surface area contributed by atoms with Crippen LogP contribution in [0.3, 0.4) is 0 Å². The maximum absolute atomic E-state index is 5.35. The summed E-state index contributed by atoms with van der Waals surface area (Å²) in [5, 5.41) is 7.37. The summed E-state index contributed by atoms with van der Waals surface area (Å²) >= 11 is 10.7. The molecule has 0 spiro atoms. The van der Waals surface area contributed by atoms with E-state index in [-0.39, 0.29) is 63.3 Å². The van der Waals surface area contributed by atoms with Crippen molar-refractivity contribution in [2.24, 2.45) is 0 Å². The maximum atomic E-state index is 5.35. The molecule has 1 aromatic heterocycles. The van der Waals surface area contributed by atoms with E-state index >= 15 is 0 Å². The van der Waals surface area contributed by atoms with E-state index in [0.717, 1.165) is 0 Å². The summed E-state index contributed by atoms with van der Waals surface area (Å²) in [5.74, 6) is 0. The molecule has 0 saturated heterocycles. The third-order valence-corrected chi connectivity index (χ3v) is 0.913. The monoisotopic (exact) mass is 232 g/mol. The van der Waals surface area contributed by atoms with Gasteiger partial charge in [0.05, 0.1) is 5.15 Å². The van der Waals surface area contributed by atoms with Crippen LogP contribution in [0, 0.1) is 6.07 Å². The quantitative estimate of drug-likeness (QED) is 0.515. The van der Waals surface area contributed by atoms with Gasteiger partial charge in [-0.1, -0.05) is 11.6 Å². The van der Waals surface area contributed by atoms with Gasteiger partial charge in [-0.15, -0.1) is 0 Å². The minimum Gasteiger partial charge on any atom is -0.238 e. The second-order valence-corrected chi connectivity index (χ2v) is 1.85. The number of nitrogens with zero attached hydrogens (tertiary/aromatic N) is 2. The van der Waals surface area contributed by atoms with E-state index in [4.69, 9.17) is 23.2 Å². The Morgan fingerprint density at radius 2 is 2.00 bits per heavy atom. The van der Waals surface area contributed by atoms with E-state index in [1.165, 1.54) is 6.07 Å². The summed E-state index contributed by atoms with van der Waals surface area (Å²) in [4.78, 5) is 0. The zero-order valence-corrected chi connectivity index (χ0v) is 11.2. The number of hydrogen-bond acceptors (Lipinski definition) is 2. The molecule has 0 atom stereocenters. The Morgan fingerprint density at radius 1 is 1.33 bits per heavy atom. The molecule has 0 fully saturated rings. The van der Waals surface area contributed by atoms with Crippen LogP contribution in [0.4, 0.5) is 0 Å². The third kappa shape index (κ3) is 4.01. The molecule has 0 bridgehead atoms. The topological polar surface area (TPSA) is 25.8 Å². The van der Waals surface area contributed by atoms with Gasteiger partial charge >= 0.3 is 58.2 Å². The first-order valence-electron chi connectivity index (χ1n) is 1.85. The average molecular weight is 233 g/mol. The van der Waals surface area contributed by atoms with E-state index in [2.05, 4.69) is 16.3 Å². The Bertz CT molecular complexity index is 155. The van der Waals surface area contributed by atoms with E-state index in [1.807, 2.05) is 0 Å². The van der Waals surface area contributed by atoms with Crippen LogP contribution in [0.25, 0.3) is 0 Å². The Kier molecular flexibility index (Phi) is 6.00. The van der Waals surface area contributed by atoms with Gasteiger partial charge < -0.3 is 0 Å². The van der Waals surface area contributed by atoms with Gasteiger partial charge in [0.15, 0.2) is 0 Å². The first-order chi connectivity index (χ1) is 3.79. The molecule has 1 heterocycles. The summed E-state index contributed by atoms with van der Waals surface area (Å²) in [5.41, 5.74) is 0. The minimum atomic E-state index is 0. The van der Waals surface area contributed by atoms with Crippen LogP contribution in [0.1, 0.15) is 0 Å². The SMILES string of the molecule is Clc1[c-]cc(Cl)nn1.[Rb+]. The zero-order valence-electron chi connectivity index (χ0n) is 4.73. The van der Waals surface area contributed by atoms with Crippen LogP contribution in [-0.2, 0) is 0 Å². The Morgan fingerprint density at radius 3 is 2.33 bits per heavy atom. The normalized spacial score (nSPS) is 8.22. The molecule has 0 amide bonds. The van der Waals surface area contributed by atoms with Crippen molar-refractivity contribution in [1.82, 2.24) is 10.2 Å². The van der Waals surface area contributed by atoms with Gasteiger partial charge in [0, 0.05) is 0 Å². The standard InChI is InChI=1S/C4HCl2N2.Rb/c5-3-1-2-4(6)8-7-3;/h1H;/q-1;+1. The number of aromatic nitrogens is 2. The van der Waals surface area contributed by atoms with Gasteiger partial charge in [0.25, 0.3) is 0 Å². The van der Waals surface area contributed by atoms with Gasteiger partial charge in [0.1, 0.15) is 0 Å². The van der Waals surface area contributed by atoms with Crippen LogP contribution in [0.5, 0.6) is 0 Å². The van der Waals surface area contributed by atoms with E-state index in [9.17, 15) is 0 Å². The zero-order chi connectivity index (χ0) is 5.98. The van der Waals surface area contributed by atoms with Crippen LogP contribution in [0.2, 0.25) is 10.3 Å². The van der Waals surface area contributed by atoms with Crippen molar-refractivity contribution >= 4 is 23.2 Å². The summed E-state index contributed by atoms with van der Waals surface area (Å²) < 4.78 is 0. The molecule has 9 heavy (non-hydrogen) atoms. The first kappa shape index (κ1) is 10.5. The molecule has 42 valence electrons. The molecule has 1 rings (SSSR count). The van der Waals surface area contributed by atoms with Crippen LogP contribution in [0.15, 0.2) is 6.07 Å². The predicted molar refractivity (Wildman–Crippen MR) is 30.9 cm³/mol. The van der Waals surface area contributed by atoms with Gasteiger partial charge in [0.2, 0.25) is 0 Å². The molecular weight excluding hydrogens is 232 g/mol. The summed E-state index contributed by atoms with van der Waals surface area (Å²) in [7, 11) is 0. The fourth-order valence-corrected chi connectivity index (χ4v) is 0.453. The smallest absolute Gasteiger partial charge is 0.238 e. The second kappa shape index (κ2) is 5.16. The molecular formula is C4HCl2N2Rb. The van der Waals surface area contributed by atoms with E-state index < -0.39 is 0 Å². The fraction of sp³-hybridized carbons (Fsp3) is 0. The van der Waals surface area contributed by atoms with Crippen LogP contribution < -0.4 is 58.2 Å². The summed E-state index contributed by atoms with van der Waals surface area (Å²) in [6.45, 7) is 0. The molecule has 0 aliphatic rings. The Labute approximate surface area is 112 Å². The van der Waals surface area contributed by atoms with Crippen molar-refractivity contribution < 1.29 is 58.2 Å². The van der Waals surface area contributed by atoms with Gasteiger partial charge in [-0.05, 0) is 5.15 Å². The van der Waals surface area contributed by atoms with Crippen molar-refractivity contribution in [3.63, 3.8) is 0 Å². The molecule has 0 N–H and O–H groups in total. The van der Waals surface area contributed by atoms with Crippen molar-refractivity contribution in [1.29, 1.82) is 0 Å². The molecule has 0 aliphatic carbocycles. The van der Waals surface area contributed by atoms with Crippen molar-refractivity contribution in [2.45, 2.75) is 0 Å². The van der Waals surface area contributed by atoms with E-state index in [1.54, 1.807) is 0 Å². The molecule has 0 saturated carbocycles. The summed E-state index contributed by atoms with van der Waals surface area (Å²) in [6.07, 6.45) is 0. The third-order valence-electron chi connectivity index (χ3n) is 0.544. The Hall–Kier alpha value is 1.47. The number of halogens is 2. The molecule has 5 heteroatoms. The van der Waals surface area contributed by atoms with Crippen LogP contribution >= 0.6 is 23.2 Å². The second-order valence-electron chi connectivity index (χ2n) is 1.10. The predicted octanol–water partition coefficient (Wildman–Crippen LogP) is -1.41. The molecule has 0 unspecified atom stereocenters. The summed E-state index contributed by atoms with van der Waals surface area (Å²) in [6, 6.07) is 4.01. The van der Waals surface area contributed by atoms with E-state index in [0.29, 0.717) is 5.15 Å². The molecule has 0 aromatic carbocycles. The molecule has 0 radical (unpaired) electrons. The first-order valence-corrected chi connectivity index (χ1v) is 2.61. The van der Waals surface area contributed by atoms with Crippen molar-refractivity contribution in [3.05, 3.63) is 22.4 Å². The van der Waals surface area contributed by atoms with Crippen molar-refractivity contribution in [2.75, 3.05) is 0 Å². The van der Waals surface area contributed by atoms with Crippen LogP contribution in [-0.4, -0.2) is 10.2 Å². The minimum absolute atomic E-state index is 0.